The second kappa shape index (κ2) is 8.03. The summed E-state index contributed by atoms with van der Waals surface area (Å²) in [7, 11) is 0. The first-order valence-corrected chi connectivity index (χ1v) is 8.97. The van der Waals surface area contributed by atoms with Crippen LogP contribution in [0, 0.1) is 0 Å². The van der Waals surface area contributed by atoms with Gasteiger partial charge in [0.1, 0.15) is 12.1 Å². The minimum absolute atomic E-state index is 0.193. The Hall–Kier alpha value is -3.15. The zero-order valence-electron chi connectivity index (χ0n) is 15.4. The summed E-state index contributed by atoms with van der Waals surface area (Å²) in [6, 6.07) is 15.7. The quantitative estimate of drug-likeness (QED) is 0.848. The molecule has 2 atom stereocenters. The third-order valence-corrected chi connectivity index (χ3v) is 4.68. The highest BCUT2D eigenvalue weighted by Crippen LogP contribution is 2.32. The van der Waals surface area contributed by atoms with Crippen molar-refractivity contribution in [2.45, 2.75) is 38.9 Å². The number of fused-ring (bicyclic) bond motifs is 1. The van der Waals surface area contributed by atoms with E-state index in [-0.39, 0.29) is 17.7 Å². The number of carbonyl (C=O) groups is 3. The van der Waals surface area contributed by atoms with Gasteiger partial charge >= 0.3 is 0 Å². The molecule has 3 rings (SSSR count). The van der Waals surface area contributed by atoms with Crippen LogP contribution in [0.1, 0.15) is 25.0 Å². The van der Waals surface area contributed by atoms with Crippen LogP contribution in [0.4, 0.5) is 5.69 Å². The van der Waals surface area contributed by atoms with Crippen LogP contribution < -0.4 is 15.5 Å². The molecule has 2 aromatic carbocycles. The van der Waals surface area contributed by atoms with E-state index < -0.39 is 12.1 Å². The number of hydrogen-bond donors (Lipinski definition) is 2. The Morgan fingerprint density at radius 2 is 1.74 bits per heavy atom. The summed E-state index contributed by atoms with van der Waals surface area (Å²) >= 11 is 0. The molecule has 0 aromatic heterocycles. The fraction of sp³-hybridized carbons (Fsp3) is 0.286. The van der Waals surface area contributed by atoms with E-state index in [0.717, 1.165) is 16.8 Å². The molecule has 0 saturated heterocycles. The zero-order chi connectivity index (χ0) is 19.4. The molecule has 0 aliphatic carbocycles. The van der Waals surface area contributed by atoms with Crippen molar-refractivity contribution >= 4 is 23.4 Å². The number of rotatable bonds is 5. The topological polar surface area (TPSA) is 78.5 Å². The summed E-state index contributed by atoms with van der Waals surface area (Å²) in [5.74, 6) is -0.790. The average Bonchev–Trinajstić information content (AvgIpc) is 3.06. The molecule has 3 amide bonds. The Balaban J connectivity index is 1.61. The SMILES string of the molecule is CC(=O)N1c2ccccc2C[C@H]1C(=O)NC(C)C(=O)NCc1ccccc1. The highest BCUT2D eigenvalue weighted by Gasteiger charge is 2.37. The molecular formula is C21H23N3O3. The van der Waals surface area contributed by atoms with Gasteiger partial charge in [-0.15, -0.1) is 0 Å². The highest BCUT2D eigenvalue weighted by molar-refractivity contribution is 6.03. The van der Waals surface area contributed by atoms with Gasteiger partial charge in [0, 0.05) is 25.6 Å². The number of nitrogens with one attached hydrogen (secondary N) is 2. The molecule has 140 valence electrons. The molecule has 0 fully saturated rings. The van der Waals surface area contributed by atoms with Crippen molar-refractivity contribution in [3.8, 4) is 0 Å². The molecule has 0 saturated carbocycles. The minimum Gasteiger partial charge on any atom is -0.350 e. The predicted molar refractivity (Wildman–Crippen MR) is 103 cm³/mol. The van der Waals surface area contributed by atoms with Crippen molar-refractivity contribution in [2.75, 3.05) is 4.90 Å². The smallest absolute Gasteiger partial charge is 0.244 e. The lowest BCUT2D eigenvalue weighted by molar-refractivity contribution is -0.130. The molecule has 6 heteroatoms. The Morgan fingerprint density at radius 1 is 1.07 bits per heavy atom. The van der Waals surface area contributed by atoms with E-state index in [0.29, 0.717) is 13.0 Å². The number of para-hydroxylation sites is 1. The summed E-state index contributed by atoms with van der Waals surface area (Å²) in [6.07, 6.45) is 0.444. The van der Waals surface area contributed by atoms with Crippen molar-refractivity contribution in [1.82, 2.24) is 10.6 Å². The van der Waals surface area contributed by atoms with Crippen LogP contribution in [-0.4, -0.2) is 29.8 Å². The molecule has 6 nitrogen and oxygen atoms in total. The van der Waals surface area contributed by atoms with Crippen LogP contribution in [0.15, 0.2) is 54.6 Å². The molecule has 1 heterocycles. The molecule has 1 aliphatic heterocycles. The Labute approximate surface area is 158 Å². The molecule has 1 aliphatic rings. The van der Waals surface area contributed by atoms with Crippen LogP contribution in [-0.2, 0) is 27.3 Å². The van der Waals surface area contributed by atoms with Crippen LogP contribution in [0.25, 0.3) is 0 Å². The lowest BCUT2D eigenvalue weighted by Crippen LogP contribution is -2.53. The first kappa shape index (κ1) is 18.6. The van der Waals surface area contributed by atoms with E-state index in [2.05, 4.69) is 10.6 Å². The predicted octanol–water partition coefficient (Wildman–Crippen LogP) is 1.79. The van der Waals surface area contributed by atoms with Gasteiger partial charge in [-0.1, -0.05) is 48.5 Å². The van der Waals surface area contributed by atoms with Gasteiger partial charge in [0.05, 0.1) is 0 Å². The van der Waals surface area contributed by atoms with E-state index >= 15 is 0 Å². The van der Waals surface area contributed by atoms with Gasteiger partial charge in [-0.3, -0.25) is 19.3 Å². The Morgan fingerprint density at radius 3 is 2.44 bits per heavy atom. The zero-order valence-corrected chi connectivity index (χ0v) is 15.4. The lowest BCUT2D eigenvalue weighted by Gasteiger charge is -2.25. The average molecular weight is 365 g/mol. The minimum atomic E-state index is -0.696. The molecule has 27 heavy (non-hydrogen) atoms. The van der Waals surface area contributed by atoms with E-state index in [1.54, 1.807) is 6.92 Å². The molecular weight excluding hydrogens is 342 g/mol. The van der Waals surface area contributed by atoms with Gasteiger partial charge in [-0.25, -0.2) is 0 Å². The van der Waals surface area contributed by atoms with Crippen LogP contribution in [0.3, 0.4) is 0 Å². The summed E-state index contributed by atoms with van der Waals surface area (Å²) in [5, 5.41) is 5.54. The number of amides is 3. The van der Waals surface area contributed by atoms with Gasteiger partial charge in [0.15, 0.2) is 0 Å². The van der Waals surface area contributed by atoms with Crippen molar-refractivity contribution in [3.63, 3.8) is 0 Å². The first-order valence-electron chi connectivity index (χ1n) is 8.97. The van der Waals surface area contributed by atoms with Crippen LogP contribution in [0.5, 0.6) is 0 Å². The summed E-state index contributed by atoms with van der Waals surface area (Å²) in [4.78, 5) is 38.6. The Kier molecular flexibility index (Phi) is 5.54. The third kappa shape index (κ3) is 4.16. The highest BCUT2D eigenvalue weighted by atomic mass is 16.2. The molecule has 1 unspecified atom stereocenters. The summed E-state index contributed by atoms with van der Waals surface area (Å²) in [5.41, 5.74) is 2.69. The molecule has 0 bridgehead atoms. The van der Waals surface area contributed by atoms with E-state index in [4.69, 9.17) is 0 Å². The number of anilines is 1. The fourth-order valence-electron chi connectivity index (χ4n) is 3.30. The molecule has 2 aromatic rings. The van der Waals surface area contributed by atoms with Crippen molar-refractivity contribution in [1.29, 1.82) is 0 Å². The number of benzene rings is 2. The maximum absolute atomic E-state index is 12.7. The van der Waals surface area contributed by atoms with Crippen LogP contribution >= 0.6 is 0 Å². The number of carbonyl (C=O) groups excluding carboxylic acids is 3. The second-order valence-electron chi connectivity index (χ2n) is 6.67. The van der Waals surface area contributed by atoms with E-state index in [1.165, 1.54) is 11.8 Å². The van der Waals surface area contributed by atoms with E-state index in [9.17, 15) is 14.4 Å². The lowest BCUT2D eigenvalue weighted by atomic mass is 10.1. The van der Waals surface area contributed by atoms with Crippen molar-refractivity contribution < 1.29 is 14.4 Å². The normalized spacial score (nSPS) is 16.4. The molecule has 0 radical (unpaired) electrons. The monoisotopic (exact) mass is 365 g/mol. The Bertz CT molecular complexity index is 851. The number of nitrogens with zero attached hydrogens (tertiary/aromatic N) is 1. The standard InChI is InChI=1S/C21H23N3O3/c1-14(20(26)22-13-16-8-4-3-5-9-16)23-21(27)19-12-17-10-6-7-11-18(17)24(19)15(2)25/h3-11,14,19H,12-13H2,1-2H3,(H,22,26)(H,23,27)/t14?,19-/m0/s1. The van der Waals surface area contributed by atoms with Gasteiger partial charge in [0.25, 0.3) is 0 Å². The van der Waals surface area contributed by atoms with Gasteiger partial charge in [0.2, 0.25) is 17.7 Å². The van der Waals surface area contributed by atoms with E-state index in [1.807, 2.05) is 54.6 Å². The number of hydrogen-bond acceptors (Lipinski definition) is 3. The fourth-order valence-corrected chi connectivity index (χ4v) is 3.30. The van der Waals surface area contributed by atoms with Crippen LogP contribution in [0.2, 0.25) is 0 Å². The largest absolute Gasteiger partial charge is 0.350 e. The maximum Gasteiger partial charge on any atom is 0.244 e. The summed E-state index contributed by atoms with van der Waals surface area (Å²) in [6.45, 7) is 3.48. The summed E-state index contributed by atoms with van der Waals surface area (Å²) < 4.78 is 0. The van der Waals surface area contributed by atoms with Crippen molar-refractivity contribution in [3.05, 3.63) is 65.7 Å². The first-order chi connectivity index (χ1) is 13.0. The maximum atomic E-state index is 12.7. The second-order valence-corrected chi connectivity index (χ2v) is 6.67. The molecule has 2 N–H and O–H groups in total. The van der Waals surface area contributed by atoms with Gasteiger partial charge in [-0.05, 0) is 24.1 Å². The third-order valence-electron chi connectivity index (χ3n) is 4.68. The molecule has 0 spiro atoms. The van der Waals surface area contributed by atoms with Gasteiger partial charge in [-0.2, -0.15) is 0 Å². The van der Waals surface area contributed by atoms with Crippen molar-refractivity contribution in [2.24, 2.45) is 0 Å². The van der Waals surface area contributed by atoms with Gasteiger partial charge < -0.3 is 10.6 Å².